The minimum atomic E-state index is -1.04. The summed E-state index contributed by atoms with van der Waals surface area (Å²) in [6.45, 7) is 10.6. The largest absolute Gasteiger partial charge is 0.478 e. The van der Waals surface area contributed by atoms with Crippen molar-refractivity contribution in [2.75, 3.05) is 0 Å². The van der Waals surface area contributed by atoms with Crippen LogP contribution in [0, 0.1) is 34.5 Å². The highest BCUT2D eigenvalue weighted by Gasteiger charge is 2.60. The van der Waals surface area contributed by atoms with Crippen LogP contribution in [-0.2, 0) is 14.4 Å². The highest BCUT2D eigenvalue weighted by atomic mass is 16.4. The molecule has 2 amide bonds. The number of aliphatic carboxylic acids is 1. The zero-order valence-corrected chi connectivity index (χ0v) is 20.1. The van der Waals surface area contributed by atoms with E-state index in [1.54, 1.807) is 0 Å². The first-order valence-corrected chi connectivity index (χ1v) is 12.1. The van der Waals surface area contributed by atoms with Gasteiger partial charge in [0.2, 0.25) is 11.8 Å². The highest BCUT2D eigenvalue weighted by Crippen LogP contribution is 2.66. The monoisotopic (exact) mass is 442 g/mol. The molecular weight excluding hydrogens is 404 g/mol. The van der Waals surface area contributed by atoms with E-state index in [0.29, 0.717) is 24.2 Å². The molecular formula is C26H38N2O4. The van der Waals surface area contributed by atoms with E-state index >= 15 is 0 Å². The minimum Gasteiger partial charge on any atom is -0.478 e. The summed E-state index contributed by atoms with van der Waals surface area (Å²) in [5, 5.41) is 12.9. The van der Waals surface area contributed by atoms with Crippen LogP contribution in [0.15, 0.2) is 22.8 Å². The van der Waals surface area contributed by atoms with Crippen LogP contribution < -0.4 is 11.1 Å². The van der Waals surface area contributed by atoms with Gasteiger partial charge in [0.15, 0.2) is 0 Å². The summed E-state index contributed by atoms with van der Waals surface area (Å²) in [5.74, 6) is -0.139. The lowest BCUT2D eigenvalue weighted by Crippen LogP contribution is -2.53. The van der Waals surface area contributed by atoms with Crippen molar-refractivity contribution >= 4 is 17.8 Å². The number of amides is 2. The Bertz CT molecular complexity index is 927. The molecule has 0 aliphatic heterocycles. The van der Waals surface area contributed by atoms with Crippen LogP contribution in [0.1, 0.15) is 79.6 Å². The SMILES string of the molecule is CC(C)(C)NC(=O)C1CC[C@H]2[C@@H]3CC=C4C(C(N)=O)=C(C(=O)O)CC[C@]4(C)[C@@H]3CC[C@]12C. The fourth-order valence-corrected chi connectivity index (χ4v) is 7.86. The summed E-state index contributed by atoms with van der Waals surface area (Å²) in [6, 6.07) is 0. The minimum absolute atomic E-state index is 0.0124. The van der Waals surface area contributed by atoms with Gasteiger partial charge < -0.3 is 16.2 Å². The summed E-state index contributed by atoms with van der Waals surface area (Å²) in [6.07, 6.45) is 8.02. The molecule has 0 aromatic heterocycles. The Morgan fingerprint density at radius 1 is 1.09 bits per heavy atom. The number of hydrogen-bond donors (Lipinski definition) is 3. The molecule has 4 N–H and O–H groups in total. The van der Waals surface area contributed by atoms with Gasteiger partial charge in [-0.15, -0.1) is 0 Å². The molecule has 4 aliphatic carbocycles. The summed E-state index contributed by atoms with van der Waals surface area (Å²) in [5.41, 5.74) is 6.48. The van der Waals surface area contributed by atoms with Gasteiger partial charge in [-0.1, -0.05) is 19.9 Å². The lowest BCUT2D eigenvalue weighted by molar-refractivity contribution is -0.133. The predicted molar refractivity (Wildman–Crippen MR) is 122 cm³/mol. The molecule has 32 heavy (non-hydrogen) atoms. The molecule has 6 nitrogen and oxygen atoms in total. The number of carboxylic acids is 1. The average molecular weight is 443 g/mol. The van der Waals surface area contributed by atoms with Crippen molar-refractivity contribution in [2.45, 2.75) is 85.1 Å². The molecule has 6 heteroatoms. The third kappa shape index (κ3) is 3.41. The molecule has 4 aliphatic rings. The summed E-state index contributed by atoms with van der Waals surface area (Å²) >= 11 is 0. The first kappa shape index (κ1) is 23.1. The van der Waals surface area contributed by atoms with Crippen molar-refractivity contribution in [1.29, 1.82) is 0 Å². The van der Waals surface area contributed by atoms with Crippen molar-refractivity contribution in [1.82, 2.24) is 5.32 Å². The van der Waals surface area contributed by atoms with Crippen LogP contribution >= 0.6 is 0 Å². The van der Waals surface area contributed by atoms with Gasteiger partial charge in [0.25, 0.3) is 0 Å². The number of fused-ring (bicyclic) bond motifs is 5. The van der Waals surface area contributed by atoms with E-state index in [-0.39, 0.29) is 39.3 Å². The summed E-state index contributed by atoms with van der Waals surface area (Å²) in [4.78, 5) is 37.3. The Kier molecular flexibility index (Phi) is 5.38. The summed E-state index contributed by atoms with van der Waals surface area (Å²) < 4.78 is 0. The van der Waals surface area contributed by atoms with Crippen molar-refractivity contribution < 1.29 is 19.5 Å². The predicted octanol–water partition coefficient (Wildman–Crippen LogP) is 3.96. The molecule has 0 aromatic carbocycles. The number of hydrogen-bond acceptors (Lipinski definition) is 3. The van der Waals surface area contributed by atoms with Crippen LogP contribution in [0.4, 0.5) is 0 Å². The van der Waals surface area contributed by atoms with Crippen LogP contribution in [0.3, 0.4) is 0 Å². The maximum Gasteiger partial charge on any atom is 0.332 e. The van der Waals surface area contributed by atoms with Gasteiger partial charge >= 0.3 is 5.97 Å². The molecule has 0 spiro atoms. The van der Waals surface area contributed by atoms with Crippen molar-refractivity contribution in [3.05, 3.63) is 22.8 Å². The quantitative estimate of drug-likeness (QED) is 0.614. The molecule has 0 radical (unpaired) electrons. The van der Waals surface area contributed by atoms with E-state index in [2.05, 4.69) is 25.2 Å². The third-order valence-electron chi connectivity index (χ3n) is 9.25. The molecule has 6 atom stereocenters. The Balaban J connectivity index is 1.67. The number of carbonyl (C=O) groups is 3. The number of nitrogens with one attached hydrogen (secondary N) is 1. The lowest BCUT2D eigenvalue weighted by Gasteiger charge is -2.57. The number of nitrogens with two attached hydrogens (primary N) is 1. The smallest absolute Gasteiger partial charge is 0.332 e. The molecule has 0 aromatic rings. The first-order chi connectivity index (χ1) is 14.8. The van der Waals surface area contributed by atoms with Gasteiger partial charge in [0.05, 0.1) is 11.1 Å². The van der Waals surface area contributed by atoms with Gasteiger partial charge in [0, 0.05) is 11.5 Å². The van der Waals surface area contributed by atoms with Crippen LogP contribution in [0.2, 0.25) is 0 Å². The Hall–Kier alpha value is -2.11. The van der Waals surface area contributed by atoms with Gasteiger partial charge in [-0.05, 0) is 99.9 Å². The van der Waals surface area contributed by atoms with Crippen LogP contribution in [0.5, 0.6) is 0 Å². The molecule has 2 fully saturated rings. The fraction of sp³-hybridized carbons (Fsp3) is 0.731. The second kappa shape index (κ2) is 7.46. The Morgan fingerprint density at radius 3 is 2.38 bits per heavy atom. The normalized spacial score (nSPS) is 38.8. The zero-order valence-electron chi connectivity index (χ0n) is 20.1. The zero-order chi connectivity index (χ0) is 23.6. The van der Waals surface area contributed by atoms with E-state index in [4.69, 9.17) is 5.73 Å². The third-order valence-corrected chi connectivity index (χ3v) is 9.25. The maximum atomic E-state index is 13.2. The number of primary amides is 1. The molecule has 0 saturated heterocycles. The molecule has 4 rings (SSSR count). The van der Waals surface area contributed by atoms with Crippen molar-refractivity contribution in [3.8, 4) is 0 Å². The topological polar surface area (TPSA) is 109 Å². The summed E-state index contributed by atoms with van der Waals surface area (Å²) in [7, 11) is 0. The van der Waals surface area contributed by atoms with E-state index in [9.17, 15) is 19.5 Å². The molecule has 176 valence electrons. The van der Waals surface area contributed by atoms with Gasteiger partial charge in [-0.2, -0.15) is 0 Å². The second-order valence-corrected chi connectivity index (χ2v) is 12.1. The molecule has 0 bridgehead atoms. The molecule has 2 saturated carbocycles. The van der Waals surface area contributed by atoms with Crippen molar-refractivity contribution in [3.63, 3.8) is 0 Å². The van der Waals surface area contributed by atoms with Gasteiger partial charge in [-0.25, -0.2) is 4.79 Å². The molecule has 1 unspecified atom stereocenters. The Morgan fingerprint density at radius 2 is 1.78 bits per heavy atom. The van der Waals surface area contributed by atoms with E-state index in [1.807, 2.05) is 20.8 Å². The van der Waals surface area contributed by atoms with E-state index in [1.165, 1.54) is 0 Å². The number of rotatable bonds is 3. The second-order valence-electron chi connectivity index (χ2n) is 12.1. The van der Waals surface area contributed by atoms with Crippen molar-refractivity contribution in [2.24, 2.45) is 40.2 Å². The number of allylic oxidation sites excluding steroid dienone is 1. The van der Waals surface area contributed by atoms with E-state index in [0.717, 1.165) is 44.1 Å². The Labute approximate surface area is 191 Å². The number of carbonyl (C=O) groups excluding carboxylic acids is 2. The lowest BCUT2D eigenvalue weighted by atomic mass is 9.47. The van der Waals surface area contributed by atoms with Crippen LogP contribution in [0.25, 0.3) is 0 Å². The number of carboxylic acid groups (broad SMARTS) is 1. The van der Waals surface area contributed by atoms with E-state index < -0.39 is 11.9 Å². The fourth-order valence-electron chi connectivity index (χ4n) is 7.86. The first-order valence-electron chi connectivity index (χ1n) is 12.1. The standard InChI is InChI=1S/C26H38N2O4/c1-24(2,3)28-22(30)19-9-8-16-14-6-7-18-20(21(27)29)15(23(31)32)10-12-25(18,4)17(14)11-13-26(16,19)5/h7,14,16-17,19H,6,8-13H2,1-5H3,(H2,27,29)(H,28,30)(H,31,32)/t14-,16-,17+,19?,25+,26-/m0/s1. The highest BCUT2D eigenvalue weighted by molar-refractivity contribution is 6.05. The van der Waals surface area contributed by atoms with Crippen LogP contribution in [-0.4, -0.2) is 28.4 Å². The molecule has 0 heterocycles. The average Bonchev–Trinajstić information content (AvgIpc) is 3.02. The maximum absolute atomic E-state index is 13.2. The van der Waals surface area contributed by atoms with Gasteiger partial charge in [0.1, 0.15) is 0 Å². The van der Waals surface area contributed by atoms with Gasteiger partial charge in [-0.3, -0.25) is 9.59 Å².